The molecule has 3 rings (SSSR count). The molecule has 1 aliphatic heterocycles. The Bertz CT molecular complexity index is 851. The summed E-state index contributed by atoms with van der Waals surface area (Å²) in [6.45, 7) is 5.38. The Morgan fingerprint density at radius 3 is 2.79 bits per heavy atom. The fraction of sp³-hybridized carbons (Fsp3) is 0.333. The van der Waals surface area contributed by atoms with E-state index in [1.54, 1.807) is 24.4 Å². The summed E-state index contributed by atoms with van der Waals surface area (Å²) in [7, 11) is 0. The lowest BCUT2D eigenvalue weighted by atomic mass is 10.2. The molecular formula is C21H24N2O5. The van der Waals surface area contributed by atoms with Crippen LogP contribution in [-0.2, 0) is 0 Å². The van der Waals surface area contributed by atoms with Gasteiger partial charge in [-0.15, -0.1) is 0 Å². The summed E-state index contributed by atoms with van der Waals surface area (Å²) >= 11 is 0. The minimum absolute atomic E-state index is 0.166. The lowest BCUT2D eigenvalue weighted by Crippen LogP contribution is -2.17. The summed E-state index contributed by atoms with van der Waals surface area (Å²) in [5.74, 6) is 2.21. The number of benzene rings is 2. The topological polar surface area (TPSA) is 78.4 Å². The zero-order chi connectivity index (χ0) is 19.8. The third-order valence-electron chi connectivity index (χ3n) is 4.04. The quantitative estimate of drug-likeness (QED) is 0.405. The summed E-state index contributed by atoms with van der Waals surface area (Å²) < 4.78 is 21.9. The van der Waals surface area contributed by atoms with Crippen molar-refractivity contribution < 1.29 is 23.7 Å². The van der Waals surface area contributed by atoms with E-state index in [1.807, 2.05) is 25.1 Å². The molecule has 2 aromatic carbocycles. The number of unbranched alkanes of at least 4 members (excludes halogenated alkanes) is 1. The van der Waals surface area contributed by atoms with Crippen LogP contribution in [0.4, 0.5) is 0 Å². The van der Waals surface area contributed by atoms with Crippen molar-refractivity contribution in [3.05, 3.63) is 47.5 Å². The molecule has 0 aromatic heterocycles. The van der Waals surface area contributed by atoms with Gasteiger partial charge in [0.25, 0.3) is 5.91 Å². The lowest BCUT2D eigenvalue weighted by Gasteiger charge is -2.12. The van der Waals surface area contributed by atoms with Gasteiger partial charge in [0.1, 0.15) is 0 Å². The van der Waals surface area contributed by atoms with Gasteiger partial charge in [-0.25, -0.2) is 5.43 Å². The Morgan fingerprint density at radius 2 is 1.96 bits per heavy atom. The van der Waals surface area contributed by atoms with Crippen LogP contribution in [0.15, 0.2) is 41.5 Å². The van der Waals surface area contributed by atoms with E-state index < -0.39 is 0 Å². The number of hydrogen-bond acceptors (Lipinski definition) is 6. The highest BCUT2D eigenvalue weighted by atomic mass is 16.7. The number of carbonyl (C=O) groups excluding carboxylic acids is 1. The first kappa shape index (κ1) is 19.5. The average Bonchev–Trinajstić information content (AvgIpc) is 3.17. The molecule has 0 saturated carbocycles. The maximum absolute atomic E-state index is 12.2. The monoisotopic (exact) mass is 384 g/mol. The van der Waals surface area contributed by atoms with E-state index in [2.05, 4.69) is 17.5 Å². The molecule has 0 saturated heterocycles. The highest BCUT2D eigenvalue weighted by molar-refractivity contribution is 5.95. The first-order chi connectivity index (χ1) is 13.7. The van der Waals surface area contributed by atoms with E-state index in [0.717, 1.165) is 18.4 Å². The second-order valence-corrected chi connectivity index (χ2v) is 6.11. The molecule has 0 atom stereocenters. The molecule has 0 aliphatic carbocycles. The Hall–Kier alpha value is -3.22. The summed E-state index contributed by atoms with van der Waals surface area (Å²) in [4.78, 5) is 12.2. The van der Waals surface area contributed by atoms with E-state index in [4.69, 9.17) is 18.9 Å². The van der Waals surface area contributed by atoms with Gasteiger partial charge in [0.15, 0.2) is 23.0 Å². The Labute approximate surface area is 164 Å². The highest BCUT2D eigenvalue weighted by Gasteiger charge is 2.15. The smallest absolute Gasteiger partial charge is 0.271 e. The van der Waals surface area contributed by atoms with Gasteiger partial charge < -0.3 is 18.9 Å². The van der Waals surface area contributed by atoms with Crippen molar-refractivity contribution in [3.63, 3.8) is 0 Å². The van der Waals surface area contributed by atoms with Crippen LogP contribution in [0.2, 0.25) is 0 Å². The third kappa shape index (κ3) is 4.94. The predicted octanol–water partition coefficient (Wildman–Crippen LogP) is 3.76. The van der Waals surface area contributed by atoms with Crippen LogP contribution in [0.1, 0.15) is 42.6 Å². The van der Waals surface area contributed by atoms with E-state index >= 15 is 0 Å². The number of fused-ring (bicyclic) bond motifs is 1. The van der Waals surface area contributed by atoms with Gasteiger partial charge in [0.05, 0.1) is 19.4 Å². The molecule has 0 radical (unpaired) electrons. The molecule has 1 heterocycles. The van der Waals surface area contributed by atoms with Crippen molar-refractivity contribution in [3.8, 4) is 23.0 Å². The fourth-order valence-electron chi connectivity index (χ4n) is 2.59. The number of amides is 1. The standard InChI is InChI=1S/C21H24N2O5/c1-3-5-10-26-17-8-6-15(11-19(17)25-4-2)13-22-23-21(24)16-7-9-18-20(12-16)28-14-27-18/h6-9,11-13H,3-5,10,14H2,1-2H3,(H,23,24)/b22-13-. The molecule has 1 amide bonds. The van der Waals surface area contributed by atoms with Gasteiger partial charge >= 0.3 is 0 Å². The normalized spacial score (nSPS) is 12.2. The first-order valence-electron chi connectivity index (χ1n) is 9.34. The second kappa shape index (κ2) is 9.64. The van der Waals surface area contributed by atoms with Gasteiger partial charge in [-0.2, -0.15) is 5.10 Å². The maximum atomic E-state index is 12.2. The SMILES string of the molecule is CCCCOc1ccc(/C=N\NC(=O)c2ccc3c(c2)OCO3)cc1OCC. The van der Waals surface area contributed by atoms with E-state index in [0.29, 0.717) is 41.8 Å². The number of rotatable bonds is 9. The van der Waals surface area contributed by atoms with Crippen LogP contribution in [0, 0.1) is 0 Å². The predicted molar refractivity (Wildman–Crippen MR) is 106 cm³/mol. The Morgan fingerprint density at radius 1 is 1.11 bits per heavy atom. The van der Waals surface area contributed by atoms with Crippen LogP contribution in [0.25, 0.3) is 0 Å². The number of ether oxygens (including phenoxy) is 4. The molecule has 0 fully saturated rings. The molecule has 0 unspecified atom stereocenters. The molecule has 0 bridgehead atoms. The van der Waals surface area contributed by atoms with Crippen molar-refractivity contribution in [2.75, 3.05) is 20.0 Å². The molecule has 7 nitrogen and oxygen atoms in total. The largest absolute Gasteiger partial charge is 0.490 e. The van der Waals surface area contributed by atoms with Crippen LogP contribution >= 0.6 is 0 Å². The Kier molecular flexibility index (Phi) is 6.73. The first-order valence-corrected chi connectivity index (χ1v) is 9.34. The molecular weight excluding hydrogens is 360 g/mol. The van der Waals surface area contributed by atoms with E-state index in [9.17, 15) is 4.79 Å². The average molecular weight is 384 g/mol. The zero-order valence-electron chi connectivity index (χ0n) is 16.1. The van der Waals surface area contributed by atoms with Crippen molar-refractivity contribution in [1.29, 1.82) is 0 Å². The number of nitrogens with zero attached hydrogens (tertiary/aromatic N) is 1. The van der Waals surface area contributed by atoms with Crippen LogP contribution in [-0.4, -0.2) is 32.1 Å². The molecule has 148 valence electrons. The van der Waals surface area contributed by atoms with Crippen LogP contribution in [0.3, 0.4) is 0 Å². The number of hydrazone groups is 1. The van der Waals surface area contributed by atoms with Crippen molar-refractivity contribution in [2.45, 2.75) is 26.7 Å². The minimum Gasteiger partial charge on any atom is -0.490 e. The molecule has 1 aliphatic rings. The second-order valence-electron chi connectivity index (χ2n) is 6.11. The molecule has 2 aromatic rings. The summed E-state index contributed by atoms with van der Waals surface area (Å²) in [6.07, 6.45) is 3.61. The zero-order valence-corrected chi connectivity index (χ0v) is 16.1. The van der Waals surface area contributed by atoms with Crippen LogP contribution < -0.4 is 24.4 Å². The van der Waals surface area contributed by atoms with E-state index in [-0.39, 0.29) is 12.7 Å². The molecule has 28 heavy (non-hydrogen) atoms. The Balaban J connectivity index is 1.62. The van der Waals surface area contributed by atoms with Gasteiger partial charge in [-0.3, -0.25) is 4.79 Å². The third-order valence-corrected chi connectivity index (χ3v) is 4.04. The van der Waals surface area contributed by atoms with Gasteiger partial charge in [-0.1, -0.05) is 13.3 Å². The number of hydrogen-bond donors (Lipinski definition) is 1. The summed E-state index contributed by atoms with van der Waals surface area (Å²) in [5.41, 5.74) is 3.74. The van der Waals surface area contributed by atoms with Gasteiger partial charge in [0, 0.05) is 5.56 Å². The van der Waals surface area contributed by atoms with Crippen molar-refractivity contribution in [1.82, 2.24) is 5.43 Å². The lowest BCUT2D eigenvalue weighted by molar-refractivity contribution is 0.0954. The van der Waals surface area contributed by atoms with Gasteiger partial charge in [0.2, 0.25) is 6.79 Å². The minimum atomic E-state index is -0.334. The van der Waals surface area contributed by atoms with Crippen LogP contribution in [0.5, 0.6) is 23.0 Å². The number of carbonyl (C=O) groups is 1. The summed E-state index contributed by atoms with van der Waals surface area (Å²) in [5, 5.41) is 4.02. The van der Waals surface area contributed by atoms with E-state index in [1.165, 1.54) is 0 Å². The maximum Gasteiger partial charge on any atom is 0.271 e. The van der Waals surface area contributed by atoms with Gasteiger partial charge in [-0.05, 0) is 55.3 Å². The highest BCUT2D eigenvalue weighted by Crippen LogP contribution is 2.32. The van der Waals surface area contributed by atoms with Crippen molar-refractivity contribution >= 4 is 12.1 Å². The molecule has 7 heteroatoms. The van der Waals surface area contributed by atoms with Crippen molar-refractivity contribution in [2.24, 2.45) is 5.10 Å². The number of nitrogens with one attached hydrogen (secondary N) is 1. The fourth-order valence-corrected chi connectivity index (χ4v) is 2.59. The molecule has 0 spiro atoms. The molecule has 1 N–H and O–H groups in total. The summed E-state index contributed by atoms with van der Waals surface area (Å²) in [6, 6.07) is 10.5.